The second-order valence-corrected chi connectivity index (χ2v) is 3.63. The highest BCUT2D eigenvalue weighted by Gasteiger charge is 2.14. The molecule has 14 heavy (non-hydrogen) atoms. The second kappa shape index (κ2) is 6.76. The number of carbonyl (C=O) groups is 1. The third kappa shape index (κ3) is 4.05. The van der Waals surface area contributed by atoms with Crippen molar-refractivity contribution in [2.24, 2.45) is 0 Å². The number of rotatable bonds is 5. The Morgan fingerprint density at radius 3 is 2.57 bits per heavy atom. The SMILES string of the molecule is O=C(CCCCCF)N1CCNCC1. The maximum absolute atomic E-state index is 11.8. The first-order chi connectivity index (χ1) is 6.84. The first-order valence-corrected chi connectivity index (χ1v) is 5.39. The zero-order valence-electron chi connectivity index (χ0n) is 8.60. The van der Waals surface area contributed by atoms with Gasteiger partial charge in [-0.15, -0.1) is 0 Å². The molecule has 0 radical (unpaired) electrons. The highest BCUT2D eigenvalue weighted by Crippen LogP contribution is 2.04. The van der Waals surface area contributed by atoms with Crippen LogP contribution in [0.15, 0.2) is 0 Å². The van der Waals surface area contributed by atoms with E-state index >= 15 is 0 Å². The molecule has 4 heteroatoms. The summed E-state index contributed by atoms with van der Waals surface area (Å²) in [6.07, 6.45) is 2.83. The van der Waals surface area contributed by atoms with Crippen LogP contribution in [-0.2, 0) is 4.79 Å². The van der Waals surface area contributed by atoms with E-state index in [-0.39, 0.29) is 12.6 Å². The number of carbonyl (C=O) groups excluding carboxylic acids is 1. The van der Waals surface area contributed by atoms with Gasteiger partial charge in [0.25, 0.3) is 0 Å². The summed E-state index contributed by atoms with van der Waals surface area (Å²) < 4.78 is 11.8. The maximum Gasteiger partial charge on any atom is 0.222 e. The average Bonchev–Trinajstić information content (AvgIpc) is 2.25. The molecule has 1 saturated heterocycles. The Hall–Kier alpha value is -0.640. The molecule has 1 amide bonds. The lowest BCUT2D eigenvalue weighted by atomic mass is 10.2. The Morgan fingerprint density at radius 2 is 1.93 bits per heavy atom. The van der Waals surface area contributed by atoms with Gasteiger partial charge in [0, 0.05) is 32.6 Å². The number of hydrogen-bond donors (Lipinski definition) is 1. The van der Waals surface area contributed by atoms with Crippen LogP contribution < -0.4 is 5.32 Å². The van der Waals surface area contributed by atoms with Gasteiger partial charge in [0.2, 0.25) is 5.91 Å². The van der Waals surface area contributed by atoms with Crippen molar-refractivity contribution in [3.05, 3.63) is 0 Å². The van der Waals surface area contributed by atoms with Crippen molar-refractivity contribution in [3.8, 4) is 0 Å². The van der Waals surface area contributed by atoms with Crippen LogP contribution in [0.2, 0.25) is 0 Å². The van der Waals surface area contributed by atoms with E-state index in [1.54, 1.807) is 0 Å². The lowest BCUT2D eigenvalue weighted by molar-refractivity contribution is -0.131. The van der Waals surface area contributed by atoms with E-state index in [1.165, 1.54) is 0 Å². The zero-order chi connectivity index (χ0) is 10.2. The van der Waals surface area contributed by atoms with E-state index in [0.29, 0.717) is 12.8 Å². The fourth-order valence-corrected chi connectivity index (χ4v) is 1.62. The standard InChI is InChI=1S/C10H19FN2O/c11-5-3-1-2-4-10(14)13-8-6-12-7-9-13/h12H,1-9H2. The van der Waals surface area contributed by atoms with Crippen molar-refractivity contribution >= 4 is 5.91 Å². The zero-order valence-corrected chi connectivity index (χ0v) is 8.60. The molecule has 1 aliphatic rings. The van der Waals surface area contributed by atoms with Crippen LogP contribution in [0, 0.1) is 0 Å². The number of piperazine rings is 1. The second-order valence-electron chi connectivity index (χ2n) is 3.63. The lowest BCUT2D eigenvalue weighted by Crippen LogP contribution is -2.46. The highest BCUT2D eigenvalue weighted by atomic mass is 19.1. The predicted molar refractivity (Wildman–Crippen MR) is 53.9 cm³/mol. The molecular weight excluding hydrogens is 183 g/mol. The first kappa shape index (κ1) is 11.4. The molecule has 1 heterocycles. The predicted octanol–water partition coefficient (Wildman–Crippen LogP) is 0.948. The van der Waals surface area contributed by atoms with Gasteiger partial charge in [-0.3, -0.25) is 9.18 Å². The summed E-state index contributed by atoms with van der Waals surface area (Å²) in [5.41, 5.74) is 0. The monoisotopic (exact) mass is 202 g/mol. The Bertz CT molecular complexity index is 170. The molecule has 0 saturated carbocycles. The molecule has 0 aromatic carbocycles. The third-order valence-electron chi connectivity index (χ3n) is 2.49. The van der Waals surface area contributed by atoms with Crippen molar-refractivity contribution in [1.29, 1.82) is 0 Å². The Kier molecular flexibility index (Phi) is 5.52. The van der Waals surface area contributed by atoms with E-state index in [9.17, 15) is 9.18 Å². The number of unbranched alkanes of at least 4 members (excludes halogenated alkanes) is 2. The summed E-state index contributed by atoms with van der Waals surface area (Å²) in [6.45, 7) is 3.18. The molecule has 1 N–H and O–H groups in total. The van der Waals surface area contributed by atoms with E-state index < -0.39 is 0 Å². The molecule has 3 nitrogen and oxygen atoms in total. The van der Waals surface area contributed by atoms with Gasteiger partial charge in [-0.25, -0.2) is 0 Å². The fourth-order valence-electron chi connectivity index (χ4n) is 1.62. The minimum Gasteiger partial charge on any atom is -0.340 e. The van der Waals surface area contributed by atoms with E-state index in [1.807, 2.05) is 4.90 Å². The molecule has 1 aliphatic heterocycles. The van der Waals surface area contributed by atoms with Crippen LogP contribution in [0.25, 0.3) is 0 Å². The summed E-state index contributed by atoms with van der Waals surface area (Å²) in [7, 11) is 0. The third-order valence-corrected chi connectivity index (χ3v) is 2.49. The topological polar surface area (TPSA) is 32.3 Å². The van der Waals surface area contributed by atoms with Crippen LogP contribution in [-0.4, -0.2) is 43.7 Å². The summed E-state index contributed by atoms with van der Waals surface area (Å²) in [5.74, 6) is 0.227. The van der Waals surface area contributed by atoms with Crippen molar-refractivity contribution in [2.75, 3.05) is 32.9 Å². The van der Waals surface area contributed by atoms with E-state index in [4.69, 9.17) is 0 Å². The van der Waals surface area contributed by atoms with Gasteiger partial charge in [0.1, 0.15) is 0 Å². The molecule has 0 aliphatic carbocycles. The first-order valence-electron chi connectivity index (χ1n) is 5.39. The number of hydrogen-bond acceptors (Lipinski definition) is 2. The maximum atomic E-state index is 11.8. The van der Waals surface area contributed by atoms with Crippen LogP contribution in [0.5, 0.6) is 0 Å². The average molecular weight is 202 g/mol. The number of amides is 1. The molecule has 0 spiro atoms. The van der Waals surface area contributed by atoms with Crippen LogP contribution in [0.4, 0.5) is 4.39 Å². The smallest absolute Gasteiger partial charge is 0.222 e. The van der Waals surface area contributed by atoms with Crippen LogP contribution in [0.3, 0.4) is 0 Å². The van der Waals surface area contributed by atoms with Gasteiger partial charge in [-0.1, -0.05) is 6.42 Å². The van der Waals surface area contributed by atoms with Gasteiger partial charge >= 0.3 is 0 Å². The van der Waals surface area contributed by atoms with E-state index in [0.717, 1.165) is 39.0 Å². The molecule has 82 valence electrons. The van der Waals surface area contributed by atoms with Gasteiger partial charge in [0.15, 0.2) is 0 Å². The highest BCUT2D eigenvalue weighted by molar-refractivity contribution is 5.76. The molecular formula is C10H19FN2O. The Labute approximate surface area is 84.7 Å². The van der Waals surface area contributed by atoms with Gasteiger partial charge in [-0.05, 0) is 12.8 Å². The van der Waals surface area contributed by atoms with Crippen molar-refractivity contribution in [3.63, 3.8) is 0 Å². The summed E-state index contributed by atoms with van der Waals surface area (Å²) in [5, 5.41) is 3.20. The molecule has 1 rings (SSSR count). The lowest BCUT2D eigenvalue weighted by Gasteiger charge is -2.27. The Morgan fingerprint density at radius 1 is 1.21 bits per heavy atom. The summed E-state index contributed by atoms with van der Waals surface area (Å²) in [6, 6.07) is 0. The molecule has 0 aromatic rings. The number of nitrogens with zero attached hydrogens (tertiary/aromatic N) is 1. The van der Waals surface area contributed by atoms with Crippen molar-refractivity contribution in [1.82, 2.24) is 10.2 Å². The number of alkyl halides is 1. The van der Waals surface area contributed by atoms with Gasteiger partial charge in [0.05, 0.1) is 6.67 Å². The van der Waals surface area contributed by atoms with Crippen molar-refractivity contribution in [2.45, 2.75) is 25.7 Å². The minimum absolute atomic E-state index is 0.227. The fraction of sp³-hybridized carbons (Fsp3) is 0.900. The van der Waals surface area contributed by atoms with Gasteiger partial charge < -0.3 is 10.2 Å². The van der Waals surface area contributed by atoms with Crippen molar-refractivity contribution < 1.29 is 9.18 Å². The molecule has 0 bridgehead atoms. The quantitative estimate of drug-likeness (QED) is 0.673. The molecule has 0 atom stereocenters. The largest absolute Gasteiger partial charge is 0.340 e. The van der Waals surface area contributed by atoms with Crippen LogP contribution in [0.1, 0.15) is 25.7 Å². The van der Waals surface area contributed by atoms with Crippen LogP contribution >= 0.6 is 0 Å². The molecule has 0 unspecified atom stereocenters. The Balaban J connectivity index is 2.07. The summed E-state index contributed by atoms with van der Waals surface area (Å²) in [4.78, 5) is 13.5. The molecule has 0 aromatic heterocycles. The minimum atomic E-state index is -0.262. The summed E-state index contributed by atoms with van der Waals surface area (Å²) >= 11 is 0. The normalized spacial score (nSPS) is 17.1. The number of halogens is 1. The number of nitrogens with one attached hydrogen (secondary N) is 1. The molecule has 1 fully saturated rings. The van der Waals surface area contributed by atoms with E-state index in [2.05, 4.69) is 5.32 Å². The van der Waals surface area contributed by atoms with Gasteiger partial charge in [-0.2, -0.15) is 0 Å².